The average molecular weight is 235 g/mol. The van der Waals surface area contributed by atoms with E-state index in [-0.39, 0.29) is 6.10 Å². The molecule has 0 saturated carbocycles. The summed E-state index contributed by atoms with van der Waals surface area (Å²) in [5.41, 5.74) is 9.98. The van der Waals surface area contributed by atoms with Gasteiger partial charge in [0, 0.05) is 25.0 Å². The number of hydrogen-bond donors (Lipinski definition) is 2. The zero-order valence-electron chi connectivity index (χ0n) is 10.6. The van der Waals surface area contributed by atoms with Gasteiger partial charge in [0.1, 0.15) is 0 Å². The third-order valence-corrected chi connectivity index (χ3v) is 3.53. The Morgan fingerprint density at radius 2 is 2.29 bits per heavy atom. The Morgan fingerprint density at radius 3 is 3.00 bits per heavy atom. The molecule has 1 aromatic rings. The van der Waals surface area contributed by atoms with Crippen molar-refractivity contribution in [3.63, 3.8) is 0 Å². The standard InChI is InChI=1S/C13H21N3O/c1-9-6-15-12(10(2)13(9)14)8-16-5-3-4-11(17)7-16/h6,11,17H,3-5,7-8H2,1-2H3,(H2,14,15). The van der Waals surface area contributed by atoms with Crippen LogP contribution in [-0.4, -0.2) is 34.2 Å². The molecule has 0 bridgehead atoms. The Labute approximate surface area is 102 Å². The summed E-state index contributed by atoms with van der Waals surface area (Å²) in [6, 6.07) is 0. The highest BCUT2D eigenvalue weighted by Gasteiger charge is 2.19. The molecule has 0 spiro atoms. The lowest BCUT2D eigenvalue weighted by Crippen LogP contribution is -2.38. The monoisotopic (exact) mass is 235 g/mol. The largest absolute Gasteiger partial charge is 0.398 e. The summed E-state index contributed by atoms with van der Waals surface area (Å²) in [4.78, 5) is 6.70. The fourth-order valence-corrected chi connectivity index (χ4v) is 2.34. The number of nitrogens with two attached hydrogens (primary N) is 1. The van der Waals surface area contributed by atoms with E-state index in [4.69, 9.17) is 5.73 Å². The number of pyridine rings is 1. The van der Waals surface area contributed by atoms with Gasteiger partial charge in [-0.3, -0.25) is 9.88 Å². The summed E-state index contributed by atoms with van der Waals surface area (Å²) in [6.45, 7) is 6.56. The van der Waals surface area contributed by atoms with Gasteiger partial charge in [0.15, 0.2) is 0 Å². The molecule has 0 amide bonds. The number of nitrogen functional groups attached to an aromatic ring is 1. The molecule has 2 heterocycles. The zero-order valence-corrected chi connectivity index (χ0v) is 10.6. The SMILES string of the molecule is Cc1cnc(CN2CCCC(O)C2)c(C)c1N. The number of aliphatic hydroxyl groups excluding tert-OH is 1. The second-order valence-electron chi connectivity index (χ2n) is 4.96. The summed E-state index contributed by atoms with van der Waals surface area (Å²) in [5.74, 6) is 0. The number of hydrogen-bond acceptors (Lipinski definition) is 4. The molecule has 0 aliphatic carbocycles. The Bertz CT molecular complexity index is 406. The van der Waals surface area contributed by atoms with Gasteiger partial charge in [0.25, 0.3) is 0 Å². The van der Waals surface area contributed by atoms with E-state index < -0.39 is 0 Å². The third kappa shape index (κ3) is 2.76. The van der Waals surface area contributed by atoms with E-state index in [9.17, 15) is 5.11 Å². The van der Waals surface area contributed by atoms with Gasteiger partial charge >= 0.3 is 0 Å². The predicted molar refractivity (Wildman–Crippen MR) is 68.6 cm³/mol. The van der Waals surface area contributed by atoms with Gasteiger partial charge in [-0.05, 0) is 44.4 Å². The summed E-state index contributed by atoms with van der Waals surface area (Å²) >= 11 is 0. The molecule has 1 aromatic heterocycles. The highest BCUT2D eigenvalue weighted by molar-refractivity contribution is 5.53. The Kier molecular flexibility index (Phi) is 3.64. The second kappa shape index (κ2) is 5.02. The highest BCUT2D eigenvalue weighted by atomic mass is 16.3. The number of β-amino-alcohol motifs (C(OH)–C–C–N with tert-alkyl or cyclic N) is 1. The van der Waals surface area contributed by atoms with Crippen LogP contribution in [0.5, 0.6) is 0 Å². The average Bonchev–Trinajstić information content (AvgIpc) is 2.30. The summed E-state index contributed by atoms with van der Waals surface area (Å²) in [6.07, 6.45) is 3.62. The van der Waals surface area contributed by atoms with Crippen LogP contribution in [0.2, 0.25) is 0 Å². The fraction of sp³-hybridized carbons (Fsp3) is 0.615. The van der Waals surface area contributed by atoms with Crippen LogP contribution in [0.3, 0.4) is 0 Å². The van der Waals surface area contributed by atoms with Gasteiger partial charge < -0.3 is 10.8 Å². The van der Waals surface area contributed by atoms with Crippen LogP contribution >= 0.6 is 0 Å². The highest BCUT2D eigenvalue weighted by Crippen LogP contribution is 2.20. The molecule has 2 rings (SSSR count). The minimum Gasteiger partial charge on any atom is -0.398 e. The van der Waals surface area contributed by atoms with Crippen molar-refractivity contribution in [1.82, 2.24) is 9.88 Å². The van der Waals surface area contributed by atoms with Gasteiger partial charge in [-0.15, -0.1) is 0 Å². The molecule has 3 N–H and O–H groups in total. The summed E-state index contributed by atoms with van der Waals surface area (Å²) in [7, 11) is 0. The van der Waals surface area contributed by atoms with Crippen LogP contribution in [0, 0.1) is 13.8 Å². The maximum absolute atomic E-state index is 9.64. The van der Waals surface area contributed by atoms with Crippen molar-refractivity contribution in [2.45, 2.75) is 39.3 Å². The lowest BCUT2D eigenvalue weighted by atomic mass is 10.1. The maximum Gasteiger partial charge on any atom is 0.0667 e. The summed E-state index contributed by atoms with van der Waals surface area (Å²) < 4.78 is 0. The summed E-state index contributed by atoms with van der Waals surface area (Å²) in [5, 5.41) is 9.64. The molecule has 4 nitrogen and oxygen atoms in total. The van der Waals surface area contributed by atoms with Crippen molar-refractivity contribution in [2.24, 2.45) is 0 Å². The zero-order chi connectivity index (χ0) is 12.4. The van der Waals surface area contributed by atoms with Crippen molar-refractivity contribution in [3.05, 3.63) is 23.0 Å². The van der Waals surface area contributed by atoms with E-state index in [0.29, 0.717) is 0 Å². The molecule has 1 fully saturated rings. The minimum absolute atomic E-state index is 0.188. The van der Waals surface area contributed by atoms with Crippen molar-refractivity contribution in [1.29, 1.82) is 0 Å². The van der Waals surface area contributed by atoms with E-state index in [2.05, 4.69) is 9.88 Å². The Hall–Kier alpha value is -1.13. The van der Waals surface area contributed by atoms with Crippen LogP contribution in [-0.2, 0) is 6.54 Å². The number of likely N-dealkylation sites (tertiary alicyclic amines) is 1. The van der Waals surface area contributed by atoms with E-state index in [1.807, 2.05) is 20.0 Å². The van der Waals surface area contributed by atoms with Crippen LogP contribution < -0.4 is 5.73 Å². The van der Waals surface area contributed by atoms with Gasteiger partial charge in [-0.25, -0.2) is 0 Å². The molecule has 1 atom stereocenters. The number of aromatic nitrogens is 1. The first-order chi connectivity index (χ1) is 8.08. The van der Waals surface area contributed by atoms with E-state index in [0.717, 1.165) is 55.0 Å². The van der Waals surface area contributed by atoms with Crippen molar-refractivity contribution in [3.8, 4) is 0 Å². The lowest BCUT2D eigenvalue weighted by molar-refractivity contribution is 0.0661. The van der Waals surface area contributed by atoms with Crippen LogP contribution in [0.4, 0.5) is 5.69 Å². The number of aliphatic hydroxyl groups is 1. The molecule has 0 aromatic carbocycles. The molecule has 94 valence electrons. The molecule has 1 saturated heterocycles. The fourth-order valence-electron chi connectivity index (χ4n) is 2.34. The number of nitrogens with zero attached hydrogens (tertiary/aromatic N) is 2. The molecule has 1 aliphatic rings. The second-order valence-corrected chi connectivity index (χ2v) is 4.96. The van der Waals surface area contributed by atoms with Crippen molar-refractivity contribution < 1.29 is 5.11 Å². The number of rotatable bonds is 2. The van der Waals surface area contributed by atoms with Crippen molar-refractivity contribution >= 4 is 5.69 Å². The van der Waals surface area contributed by atoms with Crippen LogP contribution in [0.1, 0.15) is 29.7 Å². The predicted octanol–water partition coefficient (Wildman–Crippen LogP) is 1.24. The molecule has 17 heavy (non-hydrogen) atoms. The smallest absolute Gasteiger partial charge is 0.0667 e. The molecular formula is C13H21N3O. The first-order valence-corrected chi connectivity index (χ1v) is 6.19. The quantitative estimate of drug-likeness (QED) is 0.809. The maximum atomic E-state index is 9.64. The topological polar surface area (TPSA) is 62.4 Å². The molecule has 4 heteroatoms. The van der Waals surface area contributed by atoms with E-state index >= 15 is 0 Å². The lowest BCUT2D eigenvalue weighted by Gasteiger charge is -2.30. The van der Waals surface area contributed by atoms with Gasteiger partial charge in [-0.1, -0.05) is 0 Å². The first-order valence-electron chi connectivity index (χ1n) is 6.19. The van der Waals surface area contributed by atoms with Crippen LogP contribution in [0.15, 0.2) is 6.20 Å². The Morgan fingerprint density at radius 1 is 1.53 bits per heavy atom. The van der Waals surface area contributed by atoms with E-state index in [1.54, 1.807) is 0 Å². The van der Waals surface area contributed by atoms with Gasteiger partial charge in [0.2, 0.25) is 0 Å². The van der Waals surface area contributed by atoms with Crippen molar-refractivity contribution in [2.75, 3.05) is 18.8 Å². The number of aryl methyl sites for hydroxylation is 1. The van der Waals surface area contributed by atoms with Crippen LogP contribution in [0.25, 0.3) is 0 Å². The molecule has 0 radical (unpaired) electrons. The van der Waals surface area contributed by atoms with Gasteiger partial charge in [0.05, 0.1) is 11.8 Å². The van der Waals surface area contributed by atoms with Gasteiger partial charge in [-0.2, -0.15) is 0 Å². The third-order valence-electron chi connectivity index (χ3n) is 3.53. The normalized spacial score (nSPS) is 21.7. The number of piperidine rings is 1. The molecule has 1 aliphatic heterocycles. The van der Waals surface area contributed by atoms with E-state index in [1.165, 1.54) is 0 Å². The molecule has 1 unspecified atom stereocenters. The number of anilines is 1. The molecular weight excluding hydrogens is 214 g/mol. The first kappa shape index (κ1) is 12.3. The minimum atomic E-state index is -0.188. The Balaban J connectivity index is 2.10.